The van der Waals surface area contributed by atoms with Crippen molar-refractivity contribution in [1.29, 1.82) is 0 Å². The Morgan fingerprint density at radius 1 is 0.436 bits per heavy atom. The zero-order valence-electron chi connectivity index (χ0n) is 21.2. The van der Waals surface area contributed by atoms with E-state index in [1.807, 2.05) is 0 Å². The molecule has 6 aromatic carbocycles. The SMILES string of the molecule is Clc1cc(N(c2ccccc2)c2ccccc2)c2c(c1)C1(c3ccccc3-c3ccccc31)c1ccccc1-2. The van der Waals surface area contributed by atoms with Crippen molar-refractivity contribution in [2.24, 2.45) is 0 Å². The van der Waals surface area contributed by atoms with E-state index in [0.717, 1.165) is 22.1 Å². The van der Waals surface area contributed by atoms with E-state index >= 15 is 0 Å². The van der Waals surface area contributed by atoms with Crippen LogP contribution in [0.5, 0.6) is 0 Å². The fourth-order valence-corrected chi connectivity index (χ4v) is 7.13. The Morgan fingerprint density at radius 2 is 0.872 bits per heavy atom. The molecule has 0 amide bonds. The smallest absolute Gasteiger partial charge is 0.0726 e. The summed E-state index contributed by atoms with van der Waals surface area (Å²) in [5.74, 6) is 0. The van der Waals surface area contributed by atoms with Crippen LogP contribution in [-0.2, 0) is 5.41 Å². The van der Waals surface area contributed by atoms with E-state index in [1.165, 1.54) is 44.5 Å². The van der Waals surface area contributed by atoms with Crippen molar-refractivity contribution in [3.8, 4) is 22.3 Å². The second-order valence-corrected chi connectivity index (χ2v) is 10.7. The van der Waals surface area contributed by atoms with Crippen molar-refractivity contribution >= 4 is 28.7 Å². The van der Waals surface area contributed by atoms with Gasteiger partial charge in [-0.15, -0.1) is 0 Å². The van der Waals surface area contributed by atoms with Crippen molar-refractivity contribution in [2.75, 3.05) is 4.90 Å². The summed E-state index contributed by atoms with van der Waals surface area (Å²) in [6, 6.07) is 52.1. The summed E-state index contributed by atoms with van der Waals surface area (Å²) in [5.41, 5.74) is 13.1. The van der Waals surface area contributed by atoms with Crippen LogP contribution in [0.4, 0.5) is 17.1 Å². The predicted octanol–water partition coefficient (Wildman–Crippen LogP) is 10.2. The monoisotopic (exact) mass is 517 g/mol. The number of hydrogen-bond donors (Lipinski definition) is 0. The van der Waals surface area contributed by atoms with Crippen LogP contribution in [0.2, 0.25) is 5.02 Å². The van der Waals surface area contributed by atoms with E-state index in [-0.39, 0.29) is 0 Å². The molecule has 2 aliphatic rings. The molecule has 2 heteroatoms. The molecule has 8 rings (SSSR count). The van der Waals surface area contributed by atoms with Gasteiger partial charge in [0.05, 0.1) is 11.1 Å². The van der Waals surface area contributed by atoms with E-state index in [9.17, 15) is 0 Å². The molecule has 0 unspecified atom stereocenters. The van der Waals surface area contributed by atoms with Crippen LogP contribution in [0.3, 0.4) is 0 Å². The van der Waals surface area contributed by atoms with Gasteiger partial charge in [-0.2, -0.15) is 0 Å². The molecule has 0 bridgehead atoms. The summed E-state index contributed by atoms with van der Waals surface area (Å²) in [6.45, 7) is 0. The molecule has 0 saturated carbocycles. The predicted molar refractivity (Wildman–Crippen MR) is 162 cm³/mol. The molecule has 0 aromatic heterocycles. The minimum atomic E-state index is -0.433. The van der Waals surface area contributed by atoms with Gasteiger partial charge in [0.2, 0.25) is 0 Å². The third-order valence-corrected chi connectivity index (χ3v) is 8.53. The van der Waals surface area contributed by atoms with E-state index in [2.05, 4.69) is 150 Å². The van der Waals surface area contributed by atoms with Gasteiger partial charge in [0.25, 0.3) is 0 Å². The molecule has 0 aliphatic heterocycles. The number of benzene rings is 6. The second-order valence-electron chi connectivity index (χ2n) is 10.2. The molecular formula is C37H24ClN. The topological polar surface area (TPSA) is 3.24 Å². The van der Waals surface area contributed by atoms with Crippen molar-refractivity contribution < 1.29 is 0 Å². The molecule has 39 heavy (non-hydrogen) atoms. The van der Waals surface area contributed by atoms with Gasteiger partial charge in [0.15, 0.2) is 0 Å². The highest BCUT2D eigenvalue weighted by Crippen LogP contribution is 2.65. The van der Waals surface area contributed by atoms with Crippen LogP contribution in [0.15, 0.2) is 146 Å². The minimum Gasteiger partial charge on any atom is -0.310 e. The Balaban J connectivity index is 1.53. The summed E-state index contributed by atoms with van der Waals surface area (Å²) >= 11 is 7.08. The van der Waals surface area contributed by atoms with Gasteiger partial charge in [0.1, 0.15) is 0 Å². The first-order valence-corrected chi connectivity index (χ1v) is 13.7. The van der Waals surface area contributed by atoms with Crippen molar-refractivity contribution in [3.63, 3.8) is 0 Å². The van der Waals surface area contributed by atoms with Crippen LogP contribution in [0.1, 0.15) is 22.3 Å². The number of nitrogens with zero attached hydrogens (tertiary/aromatic N) is 1. The average Bonchev–Trinajstić information content (AvgIpc) is 3.46. The molecule has 1 spiro atoms. The maximum Gasteiger partial charge on any atom is 0.0726 e. The zero-order valence-corrected chi connectivity index (χ0v) is 21.9. The molecular weight excluding hydrogens is 494 g/mol. The summed E-state index contributed by atoms with van der Waals surface area (Å²) in [5, 5.41) is 0.731. The largest absolute Gasteiger partial charge is 0.310 e. The Hall–Kier alpha value is -4.59. The highest BCUT2D eigenvalue weighted by molar-refractivity contribution is 6.31. The van der Waals surface area contributed by atoms with Gasteiger partial charge in [-0.1, -0.05) is 121 Å². The van der Waals surface area contributed by atoms with E-state index in [1.54, 1.807) is 0 Å². The molecule has 0 radical (unpaired) electrons. The van der Waals surface area contributed by atoms with Crippen LogP contribution in [0.25, 0.3) is 22.3 Å². The quantitative estimate of drug-likeness (QED) is 0.225. The number of hydrogen-bond acceptors (Lipinski definition) is 1. The molecule has 0 heterocycles. The van der Waals surface area contributed by atoms with Crippen LogP contribution >= 0.6 is 11.6 Å². The highest BCUT2D eigenvalue weighted by Gasteiger charge is 2.52. The van der Waals surface area contributed by atoms with Gasteiger partial charge in [-0.25, -0.2) is 0 Å². The molecule has 0 N–H and O–H groups in total. The first-order chi connectivity index (χ1) is 19.3. The normalized spacial score (nSPS) is 13.5. The number of fused-ring (bicyclic) bond motifs is 10. The molecule has 0 fully saturated rings. The van der Waals surface area contributed by atoms with Gasteiger partial charge in [-0.05, 0) is 75.3 Å². The lowest BCUT2D eigenvalue weighted by atomic mass is 9.70. The lowest BCUT2D eigenvalue weighted by molar-refractivity contribution is 0.794. The molecule has 0 saturated heterocycles. The van der Waals surface area contributed by atoms with Crippen LogP contribution < -0.4 is 4.90 Å². The molecule has 6 aromatic rings. The number of anilines is 3. The molecule has 1 nitrogen and oxygen atoms in total. The summed E-state index contributed by atoms with van der Waals surface area (Å²) in [6.07, 6.45) is 0. The Bertz CT molecular complexity index is 1790. The second kappa shape index (κ2) is 8.46. The lowest BCUT2D eigenvalue weighted by Crippen LogP contribution is -2.26. The molecule has 0 atom stereocenters. The lowest BCUT2D eigenvalue weighted by Gasteiger charge is -2.32. The van der Waals surface area contributed by atoms with E-state index in [4.69, 9.17) is 11.6 Å². The maximum absolute atomic E-state index is 7.08. The van der Waals surface area contributed by atoms with Crippen molar-refractivity contribution in [3.05, 3.63) is 173 Å². The van der Waals surface area contributed by atoms with Gasteiger partial charge < -0.3 is 4.90 Å². The minimum absolute atomic E-state index is 0.433. The number of rotatable bonds is 3. The summed E-state index contributed by atoms with van der Waals surface area (Å²) in [4.78, 5) is 2.34. The van der Waals surface area contributed by atoms with Crippen LogP contribution in [0, 0.1) is 0 Å². The van der Waals surface area contributed by atoms with E-state index < -0.39 is 5.41 Å². The Kier molecular flexibility index (Phi) is 4.86. The summed E-state index contributed by atoms with van der Waals surface area (Å²) in [7, 11) is 0. The summed E-state index contributed by atoms with van der Waals surface area (Å²) < 4.78 is 0. The van der Waals surface area contributed by atoms with Gasteiger partial charge >= 0.3 is 0 Å². The molecule has 184 valence electrons. The fraction of sp³-hybridized carbons (Fsp3) is 0.0270. The van der Waals surface area contributed by atoms with Gasteiger partial charge in [0, 0.05) is 22.0 Å². The fourth-order valence-electron chi connectivity index (χ4n) is 6.92. The average molecular weight is 518 g/mol. The van der Waals surface area contributed by atoms with Crippen molar-refractivity contribution in [2.45, 2.75) is 5.41 Å². The first-order valence-electron chi connectivity index (χ1n) is 13.3. The number of halogens is 1. The van der Waals surface area contributed by atoms with Crippen LogP contribution in [-0.4, -0.2) is 0 Å². The maximum atomic E-state index is 7.08. The standard InChI is InChI=1S/C37H24ClN/c38-25-23-34-36(35(24-25)39(26-13-3-1-4-14-26)27-15-5-2-6-16-27)30-19-9-12-22-33(30)37(34)31-20-10-7-17-28(31)29-18-8-11-21-32(29)37/h1-24H. The third kappa shape index (κ3) is 3.02. The third-order valence-electron chi connectivity index (χ3n) is 8.31. The zero-order chi connectivity index (χ0) is 26.0. The highest BCUT2D eigenvalue weighted by atomic mass is 35.5. The Labute approximate surface area is 233 Å². The Morgan fingerprint density at radius 3 is 1.41 bits per heavy atom. The molecule has 2 aliphatic carbocycles. The van der Waals surface area contributed by atoms with E-state index in [0.29, 0.717) is 0 Å². The van der Waals surface area contributed by atoms with Crippen molar-refractivity contribution in [1.82, 2.24) is 0 Å². The first kappa shape index (κ1) is 22.4. The number of para-hydroxylation sites is 2. The van der Waals surface area contributed by atoms with Gasteiger partial charge in [-0.3, -0.25) is 0 Å².